The van der Waals surface area contributed by atoms with Crippen LogP contribution in [0.1, 0.15) is 23.7 Å². The maximum atomic E-state index is 12.8. The van der Waals surface area contributed by atoms with Gasteiger partial charge in [-0.15, -0.1) is 11.6 Å². The normalized spacial score (nSPS) is 15.0. The molecule has 8 heteroatoms. The number of nitrogens with zero attached hydrogens (tertiary/aromatic N) is 2. The first-order chi connectivity index (χ1) is 15.0. The lowest BCUT2D eigenvalue weighted by Gasteiger charge is -2.36. The first kappa shape index (κ1) is 23.5. The van der Waals surface area contributed by atoms with Gasteiger partial charge in [0, 0.05) is 44.0 Å². The van der Waals surface area contributed by atoms with Gasteiger partial charge in [-0.3, -0.25) is 4.79 Å². The van der Waals surface area contributed by atoms with E-state index >= 15 is 0 Å². The molecule has 2 N–H and O–H groups in total. The molecule has 2 aromatic carbocycles. The summed E-state index contributed by atoms with van der Waals surface area (Å²) in [5, 5.41) is 13.3. The highest BCUT2D eigenvalue weighted by molar-refractivity contribution is 6.33. The Bertz CT molecular complexity index is 856. The van der Waals surface area contributed by atoms with Crippen LogP contribution in [0.15, 0.2) is 42.5 Å². The maximum Gasteiger partial charge on any atom is 0.253 e. The fraction of sp³-hybridized carbons (Fsp3) is 0.435. The second-order valence-electron chi connectivity index (χ2n) is 7.51. The van der Waals surface area contributed by atoms with Crippen molar-refractivity contribution in [1.29, 1.82) is 0 Å². The van der Waals surface area contributed by atoms with Gasteiger partial charge in [0.05, 0.1) is 29.3 Å². The minimum atomic E-state index is -0.606. The minimum Gasteiger partial charge on any atom is -0.494 e. The third-order valence-electron chi connectivity index (χ3n) is 5.15. The second-order valence-corrected chi connectivity index (χ2v) is 8.22. The first-order valence-electron chi connectivity index (χ1n) is 10.6. The van der Waals surface area contributed by atoms with Gasteiger partial charge in [0.25, 0.3) is 5.91 Å². The molecule has 1 unspecified atom stereocenters. The highest BCUT2D eigenvalue weighted by Gasteiger charge is 2.23. The number of alkyl halides is 1. The Morgan fingerprint density at radius 2 is 1.87 bits per heavy atom. The van der Waals surface area contributed by atoms with Crippen LogP contribution in [0, 0.1) is 0 Å². The number of rotatable bonds is 9. The van der Waals surface area contributed by atoms with Gasteiger partial charge in [-0.2, -0.15) is 0 Å². The number of hydrogen-bond acceptors (Lipinski definition) is 5. The molecule has 0 radical (unpaired) electrons. The Hall–Kier alpha value is -2.15. The van der Waals surface area contributed by atoms with Crippen LogP contribution in [0.4, 0.5) is 11.4 Å². The molecule has 1 fully saturated rings. The van der Waals surface area contributed by atoms with Gasteiger partial charge in [0.15, 0.2) is 0 Å². The third-order valence-corrected chi connectivity index (χ3v) is 5.81. The minimum absolute atomic E-state index is 0.0326. The summed E-state index contributed by atoms with van der Waals surface area (Å²) in [5.41, 5.74) is 2.44. The number of anilines is 2. The van der Waals surface area contributed by atoms with Crippen LogP contribution in [0.25, 0.3) is 0 Å². The predicted octanol–water partition coefficient (Wildman–Crippen LogP) is 4.10. The molecule has 0 saturated carbocycles. The molecule has 1 aliphatic rings. The number of carbonyl (C=O) groups is 1. The number of aliphatic hydroxyl groups is 1. The number of amides is 1. The quantitative estimate of drug-likeness (QED) is 0.545. The van der Waals surface area contributed by atoms with E-state index in [-0.39, 0.29) is 11.8 Å². The summed E-state index contributed by atoms with van der Waals surface area (Å²) in [7, 11) is 0. The average molecular weight is 466 g/mol. The second kappa shape index (κ2) is 11.5. The van der Waals surface area contributed by atoms with Crippen molar-refractivity contribution in [3.05, 3.63) is 53.1 Å². The van der Waals surface area contributed by atoms with E-state index in [1.165, 1.54) is 0 Å². The molecule has 0 bridgehead atoms. The molecule has 1 amide bonds. The molecule has 1 heterocycles. The molecule has 0 aromatic heterocycles. The van der Waals surface area contributed by atoms with Gasteiger partial charge in [0.1, 0.15) is 5.75 Å². The SMILES string of the molecule is CCCOc1ccc(C(=O)N2CCN(c3ccc(NCC(O)CCl)cc3Cl)CC2)cc1. The summed E-state index contributed by atoms with van der Waals surface area (Å²) in [5.74, 6) is 0.997. The zero-order valence-electron chi connectivity index (χ0n) is 17.7. The van der Waals surface area contributed by atoms with Gasteiger partial charge < -0.3 is 25.0 Å². The van der Waals surface area contributed by atoms with E-state index in [9.17, 15) is 9.90 Å². The van der Waals surface area contributed by atoms with Crippen molar-refractivity contribution >= 4 is 40.5 Å². The van der Waals surface area contributed by atoms with Crippen LogP contribution >= 0.6 is 23.2 Å². The number of ether oxygens (including phenoxy) is 1. The molecule has 31 heavy (non-hydrogen) atoms. The highest BCUT2D eigenvalue weighted by atomic mass is 35.5. The standard InChI is InChI=1S/C23H29Cl2N3O3/c1-2-13-31-20-6-3-17(4-7-20)23(30)28-11-9-27(10-12-28)22-8-5-18(14-21(22)25)26-16-19(29)15-24/h3-8,14,19,26,29H,2,9-13,15-16H2,1H3. The van der Waals surface area contributed by atoms with Crippen LogP contribution in [-0.2, 0) is 0 Å². The number of piperazine rings is 1. The Morgan fingerprint density at radius 1 is 1.16 bits per heavy atom. The number of halogens is 2. The molecule has 2 aromatic rings. The molecule has 0 aliphatic carbocycles. The Balaban J connectivity index is 1.54. The van der Waals surface area contributed by atoms with Gasteiger partial charge in [-0.25, -0.2) is 0 Å². The zero-order valence-corrected chi connectivity index (χ0v) is 19.2. The predicted molar refractivity (Wildman–Crippen MR) is 127 cm³/mol. The highest BCUT2D eigenvalue weighted by Crippen LogP contribution is 2.30. The molecule has 1 saturated heterocycles. The molecule has 3 rings (SSSR count). The van der Waals surface area contributed by atoms with E-state index in [2.05, 4.69) is 17.1 Å². The smallest absolute Gasteiger partial charge is 0.253 e. The first-order valence-corrected chi connectivity index (χ1v) is 11.5. The summed E-state index contributed by atoms with van der Waals surface area (Å²) in [4.78, 5) is 16.9. The van der Waals surface area contributed by atoms with E-state index in [0.29, 0.717) is 49.9 Å². The number of nitrogens with one attached hydrogen (secondary N) is 1. The van der Waals surface area contributed by atoms with Crippen LogP contribution in [0.3, 0.4) is 0 Å². The largest absolute Gasteiger partial charge is 0.494 e. The van der Waals surface area contributed by atoms with Gasteiger partial charge in [-0.05, 0) is 48.9 Å². The Morgan fingerprint density at radius 3 is 2.48 bits per heavy atom. The number of carbonyl (C=O) groups excluding carboxylic acids is 1. The van der Waals surface area contributed by atoms with Crippen molar-refractivity contribution in [2.24, 2.45) is 0 Å². The molecular weight excluding hydrogens is 437 g/mol. The van der Waals surface area contributed by atoms with Crippen molar-refractivity contribution in [2.75, 3.05) is 55.4 Å². The zero-order chi connectivity index (χ0) is 22.2. The maximum absolute atomic E-state index is 12.8. The summed E-state index contributed by atoms with van der Waals surface area (Å²) in [6, 6.07) is 13.1. The van der Waals surface area contributed by atoms with Crippen LogP contribution in [-0.4, -0.2) is 67.2 Å². The van der Waals surface area contributed by atoms with Gasteiger partial charge >= 0.3 is 0 Å². The van der Waals surface area contributed by atoms with E-state index in [1.807, 2.05) is 47.4 Å². The Kier molecular flexibility index (Phi) is 8.69. The number of aliphatic hydroxyl groups excluding tert-OH is 1. The fourth-order valence-electron chi connectivity index (χ4n) is 3.41. The fourth-order valence-corrected chi connectivity index (χ4v) is 3.82. The molecule has 1 atom stereocenters. The van der Waals surface area contributed by atoms with Crippen LogP contribution in [0.5, 0.6) is 5.75 Å². The van der Waals surface area contributed by atoms with Crippen LogP contribution in [0.2, 0.25) is 5.02 Å². The molecule has 168 valence electrons. The monoisotopic (exact) mass is 465 g/mol. The van der Waals surface area contributed by atoms with E-state index in [0.717, 1.165) is 23.5 Å². The third kappa shape index (κ3) is 6.42. The number of hydrogen-bond donors (Lipinski definition) is 2. The van der Waals surface area contributed by atoms with Crippen molar-refractivity contribution < 1.29 is 14.6 Å². The van der Waals surface area contributed by atoms with E-state index in [1.54, 1.807) is 0 Å². The lowest BCUT2D eigenvalue weighted by molar-refractivity contribution is 0.0746. The Labute approximate surface area is 193 Å². The van der Waals surface area contributed by atoms with Crippen molar-refractivity contribution in [3.63, 3.8) is 0 Å². The van der Waals surface area contributed by atoms with E-state index in [4.69, 9.17) is 27.9 Å². The van der Waals surface area contributed by atoms with Gasteiger partial charge in [-0.1, -0.05) is 18.5 Å². The molecular formula is C23H29Cl2N3O3. The summed E-state index contributed by atoms with van der Waals surface area (Å²) in [6.07, 6.45) is 0.344. The lowest BCUT2D eigenvalue weighted by Crippen LogP contribution is -2.48. The van der Waals surface area contributed by atoms with Gasteiger partial charge in [0.2, 0.25) is 0 Å². The van der Waals surface area contributed by atoms with Crippen molar-refractivity contribution in [1.82, 2.24) is 4.90 Å². The molecule has 6 nitrogen and oxygen atoms in total. The summed E-state index contributed by atoms with van der Waals surface area (Å²) >= 11 is 12.1. The topological polar surface area (TPSA) is 65.0 Å². The van der Waals surface area contributed by atoms with E-state index < -0.39 is 6.10 Å². The van der Waals surface area contributed by atoms with Crippen molar-refractivity contribution in [2.45, 2.75) is 19.4 Å². The van der Waals surface area contributed by atoms with Crippen LogP contribution < -0.4 is 15.0 Å². The number of benzene rings is 2. The summed E-state index contributed by atoms with van der Waals surface area (Å²) in [6.45, 7) is 5.78. The average Bonchev–Trinajstić information content (AvgIpc) is 2.81. The summed E-state index contributed by atoms with van der Waals surface area (Å²) < 4.78 is 5.58. The lowest BCUT2D eigenvalue weighted by atomic mass is 10.1. The molecule has 0 spiro atoms. The van der Waals surface area contributed by atoms with Crippen molar-refractivity contribution in [3.8, 4) is 5.75 Å². The molecule has 1 aliphatic heterocycles.